The van der Waals surface area contributed by atoms with Gasteiger partial charge in [-0.15, -0.1) is 0 Å². The summed E-state index contributed by atoms with van der Waals surface area (Å²) in [5.41, 5.74) is 1.87. The van der Waals surface area contributed by atoms with Crippen LogP contribution in [0.5, 0.6) is 0 Å². The molecular weight excluding hydrogens is 462 g/mol. The molecule has 0 saturated carbocycles. The van der Waals surface area contributed by atoms with E-state index >= 15 is 0 Å². The van der Waals surface area contributed by atoms with Gasteiger partial charge in [0.25, 0.3) is 11.8 Å². The number of hydrogen-bond acceptors (Lipinski definition) is 6. The molecule has 0 spiro atoms. The highest BCUT2D eigenvalue weighted by Gasteiger charge is 2.55. The van der Waals surface area contributed by atoms with Crippen LogP contribution in [-0.2, 0) is 14.4 Å². The second-order valence-corrected chi connectivity index (χ2v) is 8.04. The van der Waals surface area contributed by atoms with E-state index in [2.05, 4.69) is 31.6 Å². The summed E-state index contributed by atoms with van der Waals surface area (Å²) >= 11 is 9.30. The van der Waals surface area contributed by atoms with Crippen molar-refractivity contribution in [3.05, 3.63) is 57.5 Å². The Balaban J connectivity index is 1.49. The molecule has 2 aromatic rings. The van der Waals surface area contributed by atoms with Gasteiger partial charge in [-0.25, -0.2) is 4.90 Å². The molecule has 2 atom stereocenters. The Morgan fingerprint density at radius 1 is 1.17 bits per heavy atom. The Hall–Kier alpha value is -2.78. The smallest absolute Gasteiger partial charge is 0.263 e. The summed E-state index contributed by atoms with van der Waals surface area (Å²) in [7, 11) is 0. The van der Waals surface area contributed by atoms with Gasteiger partial charge in [-0.05, 0) is 48.9 Å². The van der Waals surface area contributed by atoms with Gasteiger partial charge in [0.1, 0.15) is 6.54 Å². The van der Waals surface area contributed by atoms with Crippen molar-refractivity contribution in [2.75, 3.05) is 16.8 Å². The average Bonchev–Trinajstić information content (AvgIpc) is 3.19. The fourth-order valence-electron chi connectivity index (χ4n) is 3.26. The lowest BCUT2D eigenvalue weighted by molar-refractivity contribution is -0.123. The van der Waals surface area contributed by atoms with Crippen LogP contribution in [0.4, 0.5) is 11.4 Å². The molecule has 10 heteroatoms. The quantitative estimate of drug-likeness (QED) is 0.685. The van der Waals surface area contributed by atoms with E-state index in [1.165, 1.54) is 5.01 Å². The van der Waals surface area contributed by atoms with E-state index in [4.69, 9.17) is 11.6 Å². The Bertz CT molecular complexity index is 1040. The van der Waals surface area contributed by atoms with Gasteiger partial charge in [-0.3, -0.25) is 19.4 Å². The zero-order valence-electron chi connectivity index (χ0n) is 15.2. The average molecular weight is 477 g/mol. The van der Waals surface area contributed by atoms with Gasteiger partial charge in [0.05, 0.1) is 5.69 Å². The second kappa shape index (κ2) is 7.57. The molecule has 4 rings (SSSR count). The van der Waals surface area contributed by atoms with Crippen molar-refractivity contribution in [3.63, 3.8) is 0 Å². The van der Waals surface area contributed by atoms with E-state index in [1.54, 1.807) is 42.5 Å². The van der Waals surface area contributed by atoms with Gasteiger partial charge in [0, 0.05) is 15.2 Å². The predicted molar refractivity (Wildman–Crippen MR) is 111 cm³/mol. The number of benzene rings is 2. The van der Waals surface area contributed by atoms with Crippen molar-refractivity contribution in [2.24, 2.45) is 10.3 Å². The van der Waals surface area contributed by atoms with Crippen LogP contribution in [0, 0.1) is 6.92 Å². The highest BCUT2D eigenvalue weighted by atomic mass is 79.9. The van der Waals surface area contributed by atoms with Crippen LogP contribution in [-0.4, -0.2) is 41.4 Å². The van der Waals surface area contributed by atoms with E-state index in [9.17, 15) is 14.4 Å². The minimum Gasteiger partial charge on any atom is -0.324 e. The first-order valence-electron chi connectivity index (χ1n) is 8.72. The lowest BCUT2D eigenvalue weighted by atomic mass is 10.1. The van der Waals surface area contributed by atoms with Crippen molar-refractivity contribution < 1.29 is 14.4 Å². The normalized spacial score (nSPS) is 20.4. The van der Waals surface area contributed by atoms with Crippen LogP contribution in [0.3, 0.4) is 0 Å². The van der Waals surface area contributed by atoms with E-state index in [0.717, 1.165) is 14.9 Å². The zero-order chi connectivity index (χ0) is 20.7. The van der Waals surface area contributed by atoms with Gasteiger partial charge >= 0.3 is 0 Å². The summed E-state index contributed by atoms with van der Waals surface area (Å²) in [6, 6.07) is 10.1. The monoisotopic (exact) mass is 475 g/mol. The zero-order valence-corrected chi connectivity index (χ0v) is 17.5. The summed E-state index contributed by atoms with van der Waals surface area (Å²) < 4.78 is 0.829. The Morgan fingerprint density at radius 3 is 2.62 bits per heavy atom. The van der Waals surface area contributed by atoms with Crippen LogP contribution in [0.1, 0.15) is 5.56 Å². The standard InChI is InChI=1S/C19H15BrClN5O3/c1-10-2-5-12(21)8-14(10)22-15(27)9-25-17-16(23-24-25)18(28)26(19(17)29)13-6-3-11(20)4-7-13/h2-8,16-17H,9H2,1H3,(H,22,27)/t16-,17-/m1/s1. The van der Waals surface area contributed by atoms with Crippen molar-refractivity contribution in [1.29, 1.82) is 0 Å². The number of rotatable bonds is 4. The Morgan fingerprint density at radius 2 is 1.90 bits per heavy atom. The van der Waals surface area contributed by atoms with Crippen molar-refractivity contribution in [3.8, 4) is 0 Å². The number of aryl methyl sites for hydroxylation is 1. The lowest BCUT2D eigenvalue weighted by Crippen LogP contribution is -2.43. The fraction of sp³-hybridized carbons (Fsp3) is 0.211. The third-order valence-corrected chi connectivity index (χ3v) is 5.49. The third kappa shape index (κ3) is 3.63. The number of fused-ring (bicyclic) bond motifs is 1. The number of amides is 3. The number of carbonyl (C=O) groups is 3. The number of hydrogen-bond donors (Lipinski definition) is 1. The van der Waals surface area contributed by atoms with Gasteiger partial charge in [0.15, 0.2) is 12.1 Å². The Kier molecular flexibility index (Phi) is 5.10. The highest BCUT2D eigenvalue weighted by Crippen LogP contribution is 2.32. The molecule has 0 unspecified atom stereocenters. The van der Waals surface area contributed by atoms with E-state index < -0.39 is 29.8 Å². The summed E-state index contributed by atoms with van der Waals surface area (Å²) in [4.78, 5) is 39.2. The molecule has 1 N–H and O–H groups in total. The van der Waals surface area contributed by atoms with Crippen LogP contribution in [0.2, 0.25) is 5.02 Å². The molecule has 1 saturated heterocycles. The topological polar surface area (TPSA) is 94.4 Å². The minimum absolute atomic E-state index is 0.218. The summed E-state index contributed by atoms with van der Waals surface area (Å²) in [6.07, 6.45) is 0. The second-order valence-electron chi connectivity index (χ2n) is 6.69. The summed E-state index contributed by atoms with van der Waals surface area (Å²) in [5, 5.41) is 12.3. The molecule has 0 aromatic heterocycles. The van der Waals surface area contributed by atoms with E-state index in [0.29, 0.717) is 16.4 Å². The maximum atomic E-state index is 12.9. The molecule has 29 heavy (non-hydrogen) atoms. The molecule has 2 aromatic carbocycles. The van der Waals surface area contributed by atoms with Gasteiger partial charge in [0.2, 0.25) is 5.91 Å². The van der Waals surface area contributed by atoms with Crippen LogP contribution >= 0.6 is 27.5 Å². The first kappa shape index (κ1) is 19.5. The lowest BCUT2D eigenvalue weighted by Gasteiger charge is -2.20. The molecule has 0 bridgehead atoms. The number of nitrogens with zero attached hydrogens (tertiary/aromatic N) is 4. The van der Waals surface area contributed by atoms with Crippen molar-refractivity contribution in [2.45, 2.75) is 19.0 Å². The van der Waals surface area contributed by atoms with Crippen LogP contribution < -0.4 is 10.2 Å². The first-order chi connectivity index (χ1) is 13.8. The molecule has 148 valence electrons. The van der Waals surface area contributed by atoms with Crippen molar-refractivity contribution >= 4 is 56.6 Å². The first-order valence-corrected chi connectivity index (χ1v) is 9.89. The minimum atomic E-state index is -0.952. The Labute approximate surface area is 179 Å². The summed E-state index contributed by atoms with van der Waals surface area (Å²) in [6.45, 7) is 1.62. The number of nitrogens with one attached hydrogen (secondary N) is 1. The third-order valence-electron chi connectivity index (χ3n) is 4.72. The van der Waals surface area contributed by atoms with Crippen LogP contribution in [0.15, 0.2) is 57.3 Å². The fourth-order valence-corrected chi connectivity index (χ4v) is 3.70. The van der Waals surface area contributed by atoms with Crippen molar-refractivity contribution in [1.82, 2.24) is 5.01 Å². The van der Waals surface area contributed by atoms with Crippen LogP contribution in [0.25, 0.3) is 0 Å². The molecule has 0 aliphatic carbocycles. The molecule has 8 nitrogen and oxygen atoms in total. The maximum Gasteiger partial charge on any atom is 0.263 e. The predicted octanol–water partition coefficient (Wildman–Crippen LogP) is 3.34. The number of anilines is 2. The van der Waals surface area contributed by atoms with Gasteiger partial charge < -0.3 is 5.32 Å². The van der Waals surface area contributed by atoms with E-state index in [1.807, 2.05) is 6.92 Å². The molecule has 1 fully saturated rings. The number of imide groups is 1. The molecule has 0 radical (unpaired) electrons. The molecule has 2 aliphatic heterocycles. The van der Waals surface area contributed by atoms with E-state index in [-0.39, 0.29) is 6.54 Å². The molecule has 3 amide bonds. The highest BCUT2D eigenvalue weighted by molar-refractivity contribution is 9.10. The molecular formula is C19H15BrClN5O3. The molecule has 2 aliphatic rings. The molecule has 2 heterocycles. The van der Waals surface area contributed by atoms with Gasteiger partial charge in [-0.2, -0.15) is 5.11 Å². The SMILES string of the molecule is Cc1ccc(Cl)cc1NC(=O)CN1N=N[C@H]2C(=O)N(c3ccc(Br)cc3)C(=O)[C@@H]21. The largest absolute Gasteiger partial charge is 0.324 e. The summed E-state index contributed by atoms with van der Waals surface area (Å²) in [5.74, 6) is -1.31. The van der Waals surface area contributed by atoms with Gasteiger partial charge in [-0.1, -0.05) is 38.8 Å². The maximum absolute atomic E-state index is 12.9. The number of carbonyl (C=O) groups excluding carboxylic acids is 3. The number of halogens is 2.